The predicted octanol–water partition coefficient (Wildman–Crippen LogP) is 5.81. The molecule has 2 aliphatic rings. The Labute approximate surface area is 239 Å². The van der Waals surface area contributed by atoms with Gasteiger partial charge in [0.25, 0.3) is 0 Å². The Morgan fingerprint density at radius 2 is 1.83 bits per heavy atom. The number of nitrogens with one attached hydrogen (secondary N) is 2. The number of aromatic amines is 1. The molecular formula is C31H29F3N4O4. The molecule has 3 N–H and O–H groups in total. The highest BCUT2D eigenvalue weighted by Gasteiger charge is 2.65. The molecule has 42 heavy (non-hydrogen) atoms. The van der Waals surface area contributed by atoms with Crippen LogP contribution < -0.4 is 10.1 Å². The van der Waals surface area contributed by atoms with Gasteiger partial charge in [-0.1, -0.05) is 42.5 Å². The number of fused-ring (bicyclic) bond motifs is 3. The number of aliphatic carboxylic acids is 1. The zero-order chi connectivity index (χ0) is 30.2. The normalized spacial score (nSPS) is 19.1. The van der Waals surface area contributed by atoms with Crippen LogP contribution in [-0.2, 0) is 21.5 Å². The average molecular weight is 579 g/mol. The van der Waals surface area contributed by atoms with E-state index in [-0.39, 0.29) is 11.8 Å². The van der Waals surface area contributed by atoms with Crippen molar-refractivity contribution in [3.8, 4) is 5.75 Å². The number of aromatic nitrogens is 2. The fourth-order valence-electron chi connectivity index (χ4n) is 5.38. The molecular weight excluding hydrogens is 549 g/mol. The fraction of sp³-hybridized carbons (Fsp3) is 0.258. The summed E-state index contributed by atoms with van der Waals surface area (Å²) in [6.45, 7) is 0.930. The number of carboxylic acids is 1. The van der Waals surface area contributed by atoms with Crippen LogP contribution in [0.1, 0.15) is 40.3 Å². The van der Waals surface area contributed by atoms with Crippen LogP contribution in [-0.4, -0.2) is 59.5 Å². The predicted molar refractivity (Wildman–Crippen MR) is 153 cm³/mol. The number of amides is 1. The number of hydrogen-bond acceptors (Lipinski definition) is 5. The summed E-state index contributed by atoms with van der Waals surface area (Å²) in [6, 6.07) is 20.8. The molecule has 1 saturated carbocycles. The molecule has 4 aromatic rings. The zero-order valence-corrected chi connectivity index (χ0v) is 23.1. The molecule has 8 nitrogen and oxygen atoms in total. The van der Waals surface area contributed by atoms with Gasteiger partial charge in [0.15, 0.2) is 0 Å². The summed E-state index contributed by atoms with van der Waals surface area (Å²) < 4.78 is 37.1. The van der Waals surface area contributed by atoms with Crippen LogP contribution in [0.2, 0.25) is 0 Å². The van der Waals surface area contributed by atoms with Crippen molar-refractivity contribution in [3.63, 3.8) is 0 Å². The first-order chi connectivity index (χ1) is 19.9. The Kier molecular flexibility index (Phi) is 7.55. The Balaban J connectivity index is 0.000000451. The van der Waals surface area contributed by atoms with Gasteiger partial charge in [0.05, 0.1) is 23.7 Å². The van der Waals surface area contributed by atoms with E-state index in [1.807, 2.05) is 24.3 Å². The fourth-order valence-corrected chi connectivity index (χ4v) is 5.38. The Morgan fingerprint density at radius 3 is 2.48 bits per heavy atom. The van der Waals surface area contributed by atoms with Crippen LogP contribution in [0.4, 0.5) is 18.9 Å². The highest BCUT2D eigenvalue weighted by Crippen LogP contribution is 2.65. The van der Waals surface area contributed by atoms with Crippen molar-refractivity contribution in [1.29, 1.82) is 0 Å². The van der Waals surface area contributed by atoms with E-state index in [2.05, 4.69) is 83.0 Å². The van der Waals surface area contributed by atoms with E-state index in [0.717, 1.165) is 57.7 Å². The van der Waals surface area contributed by atoms with Gasteiger partial charge in [0, 0.05) is 23.5 Å². The smallest absolute Gasteiger partial charge is 0.490 e. The Bertz CT molecular complexity index is 1680. The summed E-state index contributed by atoms with van der Waals surface area (Å²) in [5.74, 6) is -1.76. The third-order valence-electron chi connectivity index (χ3n) is 7.50. The molecule has 1 amide bonds. The molecule has 1 aromatic heterocycles. The van der Waals surface area contributed by atoms with Crippen molar-refractivity contribution in [3.05, 3.63) is 88.6 Å². The minimum atomic E-state index is -5.08. The standard InChI is InChI=1S/C29H28N4O2.C2HF3O2/c1-33(2)17-19-6-4-18(5-7-19)8-12-25-22-11-9-20(14-27(22)32-31-25)24-16-29(24)23-15-21(35-3)10-13-26(23)30-28(29)34;3-2(4,5)1(6)7/h4-15,24H,16-17H2,1-3H3,(H,30,34)(H,31,32);(H,6,7)/t24-,29-;/m1./s1. The lowest BCUT2D eigenvalue weighted by Gasteiger charge is -2.10. The number of hydrogen-bond donors (Lipinski definition) is 3. The maximum Gasteiger partial charge on any atom is 0.490 e. The first-order valence-corrected chi connectivity index (χ1v) is 13.1. The van der Waals surface area contributed by atoms with Crippen molar-refractivity contribution in [2.45, 2.75) is 30.5 Å². The molecule has 11 heteroatoms. The topological polar surface area (TPSA) is 108 Å². The minimum absolute atomic E-state index is 0.0793. The summed E-state index contributed by atoms with van der Waals surface area (Å²) in [6.07, 6.45) is -0.147. The molecule has 1 aliphatic heterocycles. The van der Waals surface area contributed by atoms with Gasteiger partial charge in [-0.2, -0.15) is 18.3 Å². The van der Waals surface area contributed by atoms with Gasteiger partial charge in [-0.3, -0.25) is 9.89 Å². The molecule has 0 saturated heterocycles. The van der Waals surface area contributed by atoms with Crippen LogP contribution >= 0.6 is 0 Å². The summed E-state index contributed by atoms with van der Waals surface area (Å²) in [5.41, 5.74) is 6.90. The van der Waals surface area contributed by atoms with Crippen LogP contribution in [0.15, 0.2) is 60.7 Å². The second-order valence-electron chi connectivity index (χ2n) is 10.6. The van der Waals surface area contributed by atoms with Crippen LogP contribution in [0, 0.1) is 0 Å². The van der Waals surface area contributed by atoms with Gasteiger partial charge >= 0.3 is 12.1 Å². The maximum absolute atomic E-state index is 13.0. The van der Waals surface area contributed by atoms with Gasteiger partial charge in [-0.15, -0.1) is 0 Å². The second-order valence-corrected chi connectivity index (χ2v) is 10.6. The third-order valence-corrected chi connectivity index (χ3v) is 7.50. The SMILES string of the molecule is COc1ccc2c(c1)[C@@]1(C[C@@H]1c1ccc3c(C=Cc4ccc(CN(C)C)cc4)n[nH]c3c1)C(=O)N2.O=C(O)C(F)(F)F. The number of carboxylic acid groups (broad SMARTS) is 1. The number of carbonyl (C=O) groups excluding carboxylic acids is 1. The molecule has 1 aliphatic carbocycles. The molecule has 3 aromatic carbocycles. The number of carbonyl (C=O) groups is 2. The van der Waals surface area contributed by atoms with Gasteiger partial charge in [-0.05, 0) is 73.1 Å². The molecule has 0 radical (unpaired) electrons. The van der Waals surface area contributed by atoms with E-state index in [9.17, 15) is 18.0 Å². The Morgan fingerprint density at radius 1 is 1.12 bits per heavy atom. The van der Waals surface area contributed by atoms with Crippen LogP contribution in [0.5, 0.6) is 5.75 Å². The summed E-state index contributed by atoms with van der Waals surface area (Å²) in [7, 11) is 5.80. The number of alkyl halides is 3. The lowest BCUT2D eigenvalue weighted by Crippen LogP contribution is -2.21. The largest absolute Gasteiger partial charge is 0.497 e. The Hall–Kier alpha value is -4.64. The van der Waals surface area contributed by atoms with E-state index < -0.39 is 17.6 Å². The van der Waals surface area contributed by atoms with E-state index >= 15 is 0 Å². The van der Waals surface area contributed by atoms with Gasteiger partial charge < -0.3 is 20.1 Å². The number of nitrogens with zero attached hydrogens (tertiary/aromatic N) is 2. The van der Waals surface area contributed by atoms with E-state index in [0.29, 0.717) is 0 Å². The summed E-state index contributed by atoms with van der Waals surface area (Å²) >= 11 is 0. The number of H-pyrrole nitrogens is 1. The molecule has 1 spiro atoms. The zero-order valence-electron chi connectivity index (χ0n) is 23.1. The third kappa shape index (κ3) is 5.60. The molecule has 2 atom stereocenters. The lowest BCUT2D eigenvalue weighted by molar-refractivity contribution is -0.192. The number of methoxy groups -OCH3 is 1. The van der Waals surface area contributed by atoms with Crippen molar-refractivity contribution in [2.24, 2.45) is 0 Å². The number of anilines is 1. The minimum Gasteiger partial charge on any atom is -0.497 e. The van der Waals surface area contributed by atoms with Crippen LogP contribution in [0.25, 0.3) is 23.1 Å². The number of ether oxygens (including phenoxy) is 1. The number of rotatable bonds is 6. The van der Waals surface area contributed by atoms with Crippen molar-refractivity contribution >= 4 is 40.6 Å². The highest BCUT2D eigenvalue weighted by atomic mass is 19.4. The van der Waals surface area contributed by atoms with E-state index in [1.165, 1.54) is 5.56 Å². The molecule has 6 rings (SSSR count). The number of benzene rings is 3. The van der Waals surface area contributed by atoms with Gasteiger partial charge in [0.1, 0.15) is 5.75 Å². The van der Waals surface area contributed by atoms with E-state index in [1.54, 1.807) is 7.11 Å². The first kappa shape index (κ1) is 28.9. The monoisotopic (exact) mass is 578 g/mol. The second kappa shape index (κ2) is 11.0. The van der Waals surface area contributed by atoms with Gasteiger partial charge in [0.2, 0.25) is 5.91 Å². The van der Waals surface area contributed by atoms with Crippen molar-refractivity contribution in [1.82, 2.24) is 15.1 Å². The molecule has 2 heterocycles. The maximum atomic E-state index is 13.0. The molecule has 0 unspecified atom stereocenters. The van der Waals surface area contributed by atoms with Gasteiger partial charge in [-0.25, -0.2) is 4.79 Å². The van der Waals surface area contributed by atoms with Crippen LogP contribution in [0.3, 0.4) is 0 Å². The quantitative estimate of drug-likeness (QED) is 0.266. The average Bonchev–Trinajstić information content (AvgIpc) is 3.48. The lowest BCUT2D eigenvalue weighted by atomic mass is 9.91. The first-order valence-electron chi connectivity index (χ1n) is 13.1. The van der Waals surface area contributed by atoms with Crippen molar-refractivity contribution in [2.75, 3.05) is 26.5 Å². The molecule has 1 fully saturated rings. The van der Waals surface area contributed by atoms with Crippen molar-refractivity contribution < 1.29 is 32.6 Å². The summed E-state index contributed by atoms with van der Waals surface area (Å²) in [4.78, 5) is 24.0. The summed E-state index contributed by atoms with van der Waals surface area (Å²) in [5, 5.41) is 19.0. The molecule has 218 valence electrons. The number of halogens is 3. The van der Waals surface area contributed by atoms with E-state index in [4.69, 9.17) is 14.6 Å². The molecule has 0 bridgehead atoms. The highest BCUT2D eigenvalue weighted by molar-refractivity contribution is 6.10.